The quantitative estimate of drug-likeness (QED) is 0.606. The molecule has 0 aliphatic heterocycles. The van der Waals surface area contributed by atoms with E-state index in [9.17, 15) is 5.11 Å². The second-order valence-electron chi connectivity index (χ2n) is 6.35. The Hall–Kier alpha value is -0.160. The molecule has 1 atom stereocenters. The summed E-state index contributed by atoms with van der Waals surface area (Å²) in [6.45, 7) is 5.71. The number of aliphatic hydroxyl groups is 1. The van der Waals surface area contributed by atoms with E-state index in [0.717, 1.165) is 32.5 Å². The highest BCUT2D eigenvalue weighted by molar-refractivity contribution is 4.92. The van der Waals surface area contributed by atoms with Crippen molar-refractivity contribution in [3.63, 3.8) is 0 Å². The lowest BCUT2D eigenvalue weighted by Gasteiger charge is -2.30. The average molecular weight is 257 g/mol. The lowest BCUT2D eigenvalue weighted by Crippen LogP contribution is -2.47. The number of hydrogen-bond acceptors (Lipinski definition) is 4. The second-order valence-corrected chi connectivity index (χ2v) is 6.35. The number of nitrogens with one attached hydrogen (secondary N) is 1. The van der Waals surface area contributed by atoms with Gasteiger partial charge in [-0.2, -0.15) is 0 Å². The van der Waals surface area contributed by atoms with Gasteiger partial charge in [0.2, 0.25) is 0 Å². The lowest BCUT2D eigenvalue weighted by molar-refractivity contribution is 0.156. The van der Waals surface area contributed by atoms with Crippen molar-refractivity contribution >= 4 is 0 Å². The van der Waals surface area contributed by atoms with Gasteiger partial charge in [-0.15, -0.1) is 0 Å². The summed E-state index contributed by atoms with van der Waals surface area (Å²) in [6.07, 6.45) is 4.74. The molecule has 4 heteroatoms. The van der Waals surface area contributed by atoms with E-state index in [2.05, 4.69) is 43.2 Å². The maximum absolute atomic E-state index is 9.52. The van der Waals surface area contributed by atoms with Gasteiger partial charge < -0.3 is 20.2 Å². The summed E-state index contributed by atoms with van der Waals surface area (Å²) >= 11 is 0. The number of aliphatic hydroxyl groups excluding tert-OH is 1. The molecule has 0 spiro atoms. The van der Waals surface area contributed by atoms with Crippen LogP contribution in [0, 0.1) is 0 Å². The molecule has 0 saturated heterocycles. The van der Waals surface area contributed by atoms with Gasteiger partial charge in [0, 0.05) is 24.7 Å². The first-order chi connectivity index (χ1) is 8.45. The predicted octanol–water partition coefficient (Wildman–Crippen LogP) is 0.763. The zero-order valence-electron chi connectivity index (χ0n) is 12.6. The first-order valence-corrected chi connectivity index (χ1v) is 7.17. The van der Waals surface area contributed by atoms with Crippen molar-refractivity contribution in [1.29, 1.82) is 0 Å². The molecule has 1 rings (SSSR count). The minimum Gasteiger partial charge on any atom is -0.394 e. The van der Waals surface area contributed by atoms with E-state index in [1.54, 1.807) is 0 Å². The Labute approximate surface area is 112 Å². The van der Waals surface area contributed by atoms with E-state index < -0.39 is 0 Å². The third kappa shape index (κ3) is 6.69. The Morgan fingerprint density at radius 1 is 1.17 bits per heavy atom. The summed E-state index contributed by atoms with van der Waals surface area (Å²) in [7, 11) is 6.39. The van der Waals surface area contributed by atoms with Crippen molar-refractivity contribution < 1.29 is 5.11 Å². The average Bonchev–Trinajstić information content (AvgIpc) is 3.10. The van der Waals surface area contributed by atoms with Crippen LogP contribution in [0.4, 0.5) is 0 Å². The molecule has 1 unspecified atom stereocenters. The molecule has 0 radical (unpaired) electrons. The molecule has 4 nitrogen and oxygen atoms in total. The lowest BCUT2D eigenvalue weighted by atomic mass is 9.96. The van der Waals surface area contributed by atoms with Crippen molar-refractivity contribution in [1.82, 2.24) is 15.1 Å². The van der Waals surface area contributed by atoms with Gasteiger partial charge in [-0.1, -0.05) is 0 Å². The Kier molecular flexibility index (Phi) is 6.57. The van der Waals surface area contributed by atoms with Crippen molar-refractivity contribution in [2.24, 2.45) is 0 Å². The third-order valence-corrected chi connectivity index (χ3v) is 3.68. The van der Waals surface area contributed by atoms with Gasteiger partial charge in [-0.3, -0.25) is 0 Å². The highest BCUT2D eigenvalue weighted by Gasteiger charge is 2.31. The highest BCUT2D eigenvalue weighted by Crippen LogP contribution is 2.24. The van der Waals surface area contributed by atoms with E-state index in [1.807, 2.05) is 0 Å². The summed E-state index contributed by atoms with van der Waals surface area (Å²) in [5, 5.41) is 13.1. The van der Waals surface area contributed by atoms with E-state index in [0.29, 0.717) is 6.04 Å². The van der Waals surface area contributed by atoms with Crippen LogP contribution in [0.3, 0.4) is 0 Å². The minimum absolute atomic E-state index is 0.0798. The minimum atomic E-state index is -0.0798. The fourth-order valence-corrected chi connectivity index (χ4v) is 2.14. The largest absolute Gasteiger partial charge is 0.394 e. The smallest absolute Gasteiger partial charge is 0.0610 e. The normalized spacial score (nSPS) is 19.5. The Bertz CT molecular complexity index is 231. The molecule has 1 fully saturated rings. The maximum Gasteiger partial charge on any atom is 0.0610 e. The van der Waals surface area contributed by atoms with Gasteiger partial charge in [0.15, 0.2) is 0 Å². The Morgan fingerprint density at radius 3 is 2.33 bits per heavy atom. The van der Waals surface area contributed by atoms with Crippen LogP contribution in [0.2, 0.25) is 0 Å². The third-order valence-electron chi connectivity index (χ3n) is 3.68. The number of likely N-dealkylation sites (N-methyl/N-ethyl adjacent to an activating group) is 2. The Balaban J connectivity index is 2.13. The van der Waals surface area contributed by atoms with Crippen LogP contribution >= 0.6 is 0 Å². The van der Waals surface area contributed by atoms with Gasteiger partial charge in [0.25, 0.3) is 0 Å². The van der Waals surface area contributed by atoms with Gasteiger partial charge in [-0.05, 0) is 60.3 Å². The number of rotatable bonds is 10. The number of hydrogen-bond donors (Lipinski definition) is 2. The molecule has 18 heavy (non-hydrogen) atoms. The zero-order chi connectivity index (χ0) is 13.6. The predicted molar refractivity (Wildman–Crippen MR) is 76.9 cm³/mol. The summed E-state index contributed by atoms with van der Waals surface area (Å²) in [5.74, 6) is 0. The first-order valence-electron chi connectivity index (χ1n) is 7.17. The van der Waals surface area contributed by atoms with Crippen molar-refractivity contribution in [3.8, 4) is 0 Å². The molecule has 108 valence electrons. The Morgan fingerprint density at radius 2 is 1.83 bits per heavy atom. The van der Waals surface area contributed by atoms with Crippen LogP contribution < -0.4 is 5.32 Å². The summed E-state index contributed by atoms with van der Waals surface area (Å²) < 4.78 is 0. The van der Waals surface area contributed by atoms with Crippen LogP contribution in [0.1, 0.15) is 32.6 Å². The molecular formula is C14H31N3O. The molecule has 0 amide bonds. The van der Waals surface area contributed by atoms with Gasteiger partial charge in [0.05, 0.1) is 6.61 Å². The molecule has 0 aromatic carbocycles. The molecule has 1 aliphatic carbocycles. The van der Waals surface area contributed by atoms with Crippen molar-refractivity contribution in [3.05, 3.63) is 0 Å². The summed E-state index contributed by atoms with van der Waals surface area (Å²) in [5.41, 5.74) is -0.0798. The molecule has 1 saturated carbocycles. The first kappa shape index (κ1) is 15.9. The summed E-state index contributed by atoms with van der Waals surface area (Å²) in [6, 6.07) is 0.661. The van der Waals surface area contributed by atoms with Crippen LogP contribution in [-0.2, 0) is 0 Å². The van der Waals surface area contributed by atoms with Crippen LogP contribution in [0.15, 0.2) is 0 Å². The van der Waals surface area contributed by atoms with Gasteiger partial charge >= 0.3 is 0 Å². The monoisotopic (exact) mass is 257 g/mol. The molecule has 0 aromatic rings. The molecule has 2 N–H and O–H groups in total. The van der Waals surface area contributed by atoms with Crippen molar-refractivity contribution in [2.75, 3.05) is 47.4 Å². The molecule has 0 aromatic heterocycles. The summed E-state index contributed by atoms with van der Waals surface area (Å²) in [4.78, 5) is 4.58. The van der Waals surface area contributed by atoms with Gasteiger partial charge in [-0.25, -0.2) is 0 Å². The molecule has 1 aliphatic rings. The standard InChI is InChI=1S/C14H31N3O/c1-14(12-18,15-13-6-7-13)8-5-9-17(4)11-10-16(2)3/h13,15,18H,5-12H2,1-4H3. The topological polar surface area (TPSA) is 38.7 Å². The van der Waals surface area contributed by atoms with Crippen LogP contribution in [0.25, 0.3) is 0 Å². The number of nitrogens with zero attached hydrogens (tertiary/aromatic N) is 2. The zero-order valence-corrected chi connectivity index (χ0v) is 12.6. The van der Waals surface area contributed by atoms with E-state index in [-0.39, 0.29) is 12.1 Å². The van der Waals surface area contributed by atoms with Crippen molar-refractivity contribution in [2.45, 2.75) is 44.2 Å². The fraction of sp³-hybridized carbons (Fsp3) is 1.00. The molecule has 0 bridgehead atoms. The van der Waals surface area contributed by atoms with E-state index in [1.165, 1.54) is 12.8 Å². The van der Waals surface area contributed by atoms with Crippen LogP contribution in [-0.4, -0.2) is 73.9 Å². The van der Waals surface area contributed by atoms with E-state index in [4.69, 9.17) is 0 Å². The fourth-order valence-electron chi connectivity index (χ4n) is 2.14. The molecule has 0 heterocycles. The molecular weight excluding hydrogens is 226 g/mol. The second kappa shape index (κ2) is 7.43. The van der Waals surface area contributed by atoms with Gasteiger partial charge in [0.1, 0.15) is 0 Å². The highest BCUT2D eigenvalue weighted by atomic mass is 16.3. The van der Waals surface area contributed by atoms with Crippen LogP contribution in [0.5, 0.6) is 0 Å². The maximum atomic E-state index is 9.52. The van der Waals surface area contributed by atoms with E-state index >= 15 is 0 Å². The SMILES string of the molecule is CN(C)CCN(C)CCCC(C)(CO)NC1CC1.